The molecule has 0 bridgehead atoms. The Kier molecular flexibility index (Phi) is 8.04. The van der Waals surface area contributed by atoms with Crippen molar-refractivity contribution >= 4 is 84.7 Å². The predicted octanol–water partition coefficient (Wildman–Crippen LogP) is 6.77. The van der Waals surface area contributed by atoms with Crippen LogP contribution in [0.25, 0.3) is 6.08 Å². The maximum Gasteiger partial charge on any atom is 0.335 e. The number of carbonyl (C=O) groups excluding carboxylic acids is 3. The standard InChI is InChI=1S/C25H16Br2Cl2N2O5/c1-35-21-10-14(9-18(27)22(21)36-12-13-2-4-15(26)5-3-13)8-17-23(32)30-25(34)31(24(17)33)16-6-7-19(28)20(29)11-16/h2-11H,12H2,1H3,(H,30,32,34)/b17-8+. The number of carbonyl (C=O) groups is 3. The molecule has 0 saturated carbocycles. The zero-order chi connectivity index (χ0) is 26.0. The average Bonchev–Trinajstić information content (AvgIpc) is 2.84. The smallest absolute Gasteiger partial charge is 0.335 e. The molecule has 0 aliphatic carbocycles. The van der Waals surface area contributed by atoms with Crippen molar-refractivity contribution < 1.29 is 23.9 Å². The second-order valence-electron chi connectivity index (χ2n) is 7.51. The van der Waals surface area contributed by atoms with E-state index in [0.29, 0.717) is 28.1 Å². The lowest BCUT2D eigenvalue weighted by Crippen LogP contribution is -2.54. The van der Waals surface area contributed by atoms with E-state index in [2.05, 4.69) is 37.2 Å². The topological polar surface area (TPSA) is 84.9 Å². The van der Waals surface area contributed by atoms with Crippen molar-refractivity contribution in [2.24, 2.45) is 0 Å². The predicted molar refractivity (Wildman–Crippen MR) is 145 cm³/mol. The molecule has 184 valence electrons. The van der Waals surface area contributed by atoms with Crippen molar-refractivity contribution in [1.82, 2.24) is 5.32 Å². The summed E-state index contributed by atoms with van der Waals surface area (Å²) in [6.07, 6.45) is 1.36. The fourth-order valence-electron chi connectivity index (χ4n) is 3.38. The number of benzene rings is 3. The van der Waals surface area contributed by atoms with E-state index in [4.69, 9.17) is 32.7 Å². The number of halogens is 4. The summed E-state index contributed by atoms with van der Waals surface area (Å²) in [5, 5.41) is 2.59. The number of rotatable bonds is 6. The lowest BCUT2D eigenvalue weighted by molar-refractivity contribution is -0.122. The monoisotopic (exact) mass is 652 g/mol. The number of anilines is 1. The second-order valence-corrected chi connectivity index (χ2v) is 10.1. The van der Waals surface area contributed by atoms with Crippen molar-refractivity contribution in [2.75, 3.05) is 12.0 Å². The van der Waals surface area contributed by atoms with Crippen LogP contribution in [0.4, 0.5) is 10.5 Å². The van der Waals surface area contributed by atoms with Gasteiger partial charge in [-0.05, 0) is 75.6 Å². The third-order valence-electron chi connectivity index (χ3n) is 5.12. The van der Waals surface area contributed by atoms with Crippen LogP contribution in [0.3, 0.4) is 0 Å². The molecule has 0 unspecified atom stereocenters. The molecule has 0 aromatic heterocycles. The van der Waals surface area contributed by atoms with Crippen molar-refractivity contribution in [1.29, 1.82) is 0 Å². The minimum absolute atomic E-state index is 0.157. The molecule has 11 heteroatoms. The lowest BCUT2D eigenvalue weighted by Gasteiger charge is -2.26. The minimum atomic E-state index is -0.893. The van der Waals surface area contributed by atoms with Gasteiger partial charge in [-0.2, -0.15) is 0 Å². The fourth-order valence-corrected chi connectivity index (χ4v) is 4.51. The van der Waals surface area contributed by atoms with Crippen LogP contribution in [0, 0.1) is 0 Å². The number of amides is 4. The van der Waals surface area contributed by atoms with Crippen molar-refractivity contribution in [3.8, 4) is 11.5 Å². The maximum atomic E-state index is 13.2. The van der Waals surface area contributed by atoms with E-state index in [9.17, 15) is 14.4 Å². The van der Waals surface area contributed by atoms with Gasteiger partial charge >= 0.3 is 6.03 Å². The van der Waals surface area contributed by atoms with Crippen LogP contribution in [0.1, 0.15) is 11.1 Å². The molecule has 0 spiro atoms. The number of imide groups is 2. The van der Waals surface area contributed by atoms with Gasteiger partial charge in [0.05, 0.1) is 27.3 Å². The molecule has 1 fully saturated rings. The molecule has 1 N–H and O–H groups in total. The van der Waals surface area contributed by atoms with Gasteiger partial charge in [0, 0.05) is 4.47 Å². The van der Waals surface area contributed by atoms with Gasteiger partial charge in [-0.1, -0.05) is 51.3 Å². The Morgan fingerprint density at radius 3 is 2.36 bits per heavy atom. The van der Waals surface area contributed by atoms with Crippen LogP contribution in [0.2, 0.25) is 10.0 Å². The summed E-state index contributed by atoms with van der Waals surface area (Å²) in [4.78, 5) is 39.0. The first-order valence-electron chi connectivity index (χ1n) is 10.3. The average molecular weight is 655 g/mol. The molecule has 36 heavy (non-hydrogen) atoms. The number of ether oxygens (including phenoxy) is 2. The zero-order valence-corrected chi connectivity index (χ0v) is 23.2. The fraction of sp³-hybridized carbons (Fsp3) is 0.0800. The quantitative estimate of drug-likeness (QED) is 0.234. The number of barbiturate groups is 1. The highest BCUT2D eigenvalue weighted by Gasteiger charge is 2.37. The Hall–Kier alpha value is -2.85. The van der Waals surface area contributed by atoms with Gasteiger partial charge < -0.3 is 9.47 Å². The maximum absolute atomic E-state index is 13.2. The zero-order valence-electron chi connectivity index (χ0n) is 18.5. The molecule has 4 rings (SSSR count). The van der Waals surface area contributed by atoms with Crippen LogP contribution in [0.5, 0.6) is 11.5 Å². The summed E-state index contributed by atoms with van der Waals surface area (Å²) < 4.78 is 12.9. The summed E-state index contributed by atoms with van der Waals surface area (Å²) >= 11 is 18.9. The summed E-state index contributed by atoms with van der Waals surface area (Å²) in [7, 11) is 1.48. The number of hydrogen-bond acceptors (Lipinski definition) is 5. The van der Waals surface area contributed by atoms with Gasteiger partial charge in [-0.15, -0.1) is 0 Å². The first kappa shape index (κ1) is 26.2. The highest BCUT2D eigenvalue weighted by molar-refractivity contribution is 9.10. The summed E-state index contributed by atoms with van der Waals surface area (Å²) in [5.41, 5.74) is 1.34. The first-order valence-corrected chi connectivity index (χ1v) is 12.6. The molecule has 1 aliphatic rings. The van der Waals surface area contributed by atoms with E-state index in [0.717, 1.165) is 14.9 Å². The van der Waals surface area contributed by atoms with Crippen molar-refractivity contribution in [2.45, 2.75) is 6.61 Å². The number of methoxy groups -OCH3 is 1. The van der Waals surface area contributed by atoms with Gasteiger partial charge in [0.2, 0.25) is 0 Å². The molecule has 1 heterocycles. The van der Waals surface area contributed by atoms with Gasteiger partial charge in [-0.25, -0.2) is 9.69 Å². The Bertz CT molecular complexity index is 1410. The van der Waals surface area contributed by atoms with E-state index in [1.807, 2.05) is 24.3 Å². The van der Waals surface area contributed by atoms with Gasteiger partial charge in [-0.3, -0.25) is 14.9 Å². The lowest BCUT2D eigenvalue weighted by atomic mass is 10.1. The third-order valence-corrected chi connectivity index (χ3v) is 6.98. The van der Waals surface area contributed by atoms with Crippen LogP contribution in [-0.2, 0) is 16.2 Å². The largest absolute Gasteiger partial charge is 0.493 e. The molecule has 3 aromatic carbocycles. The van der Waals surface area contributed by atoms with E-state index >= 15 is 0 Å². The second kappa shape index (κ2) is 11.0. The first-order chi connectivity index (χ1) is 17.2. The highest BCUT2D eigenvalue weighted by atomic mass is 79.9. The number of nitrogens with zero attached hydrogens (tertiary/aromatic N) is 1. The molecule has 1 aliphatic heterocycles. The molecule has 3 aromatic rings. The molecule has 7 nitrogen and oxygen atoms in total. The Balaban J connectivity index is 1.64. The number of nitrogens with one attached hydrogen (secondary N) is 1. The molecule has 4 amide bonds. The van der Waals surface area contributed by atoms with E-state index < -0.39 is 17.8 Å². The Morgan fingerprint density at radius 1 is 0.972 bits per heavy atom. The van der Waals surface area contributed by atoms with Crippen molar-refractivity contribution in [3.05, 3.63) is 90.3 Å². The number of urea groups is 1. The van der Waals surface area contributed by atoms with Crippen LogP contribution in [0.15, 0.2) is 69.1 Å². The van der Waals surface area contributed by atoms with E-state index in [1.54, 1.807) is 12.1 Å². The molecular weight excluding hydrogens is 639 g/mol. The Labute approximate surface area is 233 Å². The SMILES string of the molecule is COc1cc(/C=C2\C(=O)NC(=O)N(c3ccc(Cl)c(Cl)c3)C2=O)cc(Br)c1OCc1ccc(Br)cc1. The molecule has 0 radical (unpaired) electrons. The van der Waals surface area contributed by atoms with Crippen molar-refractivity contribution in [3.63, 3.8) is 0 Å². The molecular formula is C25H16Br2Cl2N2O5. The van der Waals surface area contributed by atoms with Crippen LogP contribution < -0.4 is 19.7 Å². The summed E-state index contributed by atoms with van der Waals surface area (Å²) in [6, 6.07) is 14.4. The van der Waals surface area contributed by atoms with Crippen LogP contribution >= 0.6 is 55.1 Å². The van der Waals surface area contributed by atoms with E-state index in [1.165, 1.54) is 31.4 Å². The summed E-state index contributed by atoms with van der Waals surface area (Å²) in [5.74, 6) is -0.802. The Morgan fingerprint density at radius 2 is 1.69 bits per heavy atom. The van der Waals surface area contributed by atoms with Crippen LogP contribution in [-0.4, -0.2) is 25.0 Å². The third kappa shape index (κ3) is 5.59. The number of hydrogen-bond donors (Lipinski definition) is 1. The summed E-state index contributed by atoms with van der Waals surface area (Å²) in [6.45, 7) is 0.296. The van der Waals surface area contributed by atoms with Gasteiger partial charge in [0.15, 0.2) is 11.5 Å². The van der Waals surface area contributed by atoms with Gasteiger partial charge in [0.25, 0.3) is 11.8 Å². The molecule has 0 atom stereocenters. The van der Waals surface area contributed by atoms with E-state index in [-0.39, 0.29) is 21.3 Å². The highest BCUT2D eigenvalue weighted by Crippen LogP contribution is 2.38. The molecule has 1 saturated heterocycles. The van der Waals surface area contributed by atoms with Gasteiger partial charge in [0.1, 0.15) is 12.2 Å². The minimum Gasteiger partial charge on any atom is -0.493 e. The normalized spacial score (nSPS) is 14.8.